The van der Waals surface area contributed by atoms with Crippen molar-refractivity contribution in [2.75, 3.05) is 26.9 Å². The summed E-state index contributed by atoms with van der Waals surface area (Å²) < 4.78 is 16.7. The third kappa shape index (κ3) is 2.29. The van der Waals surface area contributed by atoms with E-state index in [1.807, 2.05) is 7.05 Å². The van der Waals surface area contributed by atoms with Crippen LogP contribution in [0.25, 0.3) is 0 Å². The van der Waals surface area contributed by atoms with E-state index in [0.29, 0.717) is 19.8 Å². The molecular weight excluding hydrogens is 230 g/mol. The first-order valence-corrected chi connectivity index (χ1v) is 6.44. The average molecular weight is 249 g/mol. The lowest BCUT2D eigenvalue weighted by molar-refractivity contribution is -0.101. The summed E-state index contributed by atoms with van der Waals surface area (Å²) in [5, 5.41) is 3.33. The first-order chi connectivity index (χ1) is 8.88. The Labute approximate surface area is 107 Å². The molecule has 0 bridgehead atoms. The largest absolute Gasteiger partial charge is 0.376 e. The van der Waals surface area contributed by atoms with Crippen LogP contribution in [-0.2, 0) is 27.4 Å². The van der Waals surface area contributed by atoms with Crippen molar-refractivity contribution in [1.29, 1.82) is 0 Å². The van der Waals surface area contributed by atoms with Crippen LogP contribution in [0.1, 0.15) is 22.7 Å². The van der Waals surface area contributed by atoms with E-state index in [1.165, 1.54) is 16.7 Å². The number of fused-ring (bicyclic) bond motifs is 1. The van der Waals surface area contributed by atoms with E-state index in [2.05, 4.69) is 23.5 Å². The molecule has 18 heavy (non-hydrogen) atoms. The van der Waals surface area contributed by atoms with E-state index in [9.17, 15) is 0 Å². The standard InChI is InChI=1S/C14H19NO3/c1-15-14(13-9-16-4-5-18-13)10-2-3-11-7-17-8-12(11)6-10/h2-3,6,13-15H,4-5,7-9H2,1H3. The zero-order chi connectivity index (χ0) is 12.4. The first kappa shape index (κ1) is 12.1. The fraction of sp³-hybridized carbons (Fsp3) is 0.571. The van der Waals surface area contributed by atoms with Gasteiger partial charge in [-0.15, -0.1) is 0 Å². The maximum Gasteiger partial charge on any atom is 0.100 e. The molecule has 1 aromatic rings. The first-order valence-electron chi connectivity index (χ1n) is 6.44. The molecule has 2 aliphatic rings. The molecule has 4 heteroatoms. The van der Waals surface area contributed by atoms with Gasteiger partial charge >= 0.3 is 0 Å². The summed E-state index contributed by atoms with van der Waals surface area (Å²) in [4.78, 5) is 0. The normalized spacial score (nSPS) is 24.8. The van der Waals surface area contributed by atoms with E-state index in [4.69, 9.17) is 14.2 Å². The number of benzene rings is 1. The fourth-order valence-electron chi connectivity index (χ4n) is 2.65. The Morgan fingerprint density at radius 1 is 1.17 bits per heavy atom. The van der Waals surface area contributed by atoms with Crippen molar-refractivity contribution >= 4 is 0 Å². The van der Waals surface area contributed by atoms with Crippen LogP contribution in [0, 0.1) is 0 Å². The Kier molecular flexibility index (Phi) is 3.61. The summed E-state index contributed by atoms with van der Waals surface area (Å²) in [6.45, 7) is 3.49. The molecule has 2 heterocycles. The Balaban J connectivity index is 1.82. The minimum absolute atomic E-state index is 0.0871. The van der Waals surface area contributed by atoms with Gasteiger partial charge in [-0.25, -0.2) is 0 Å². The molecule has 0 saturated carbocycles. The van der Waals surface area contributed by atoms with Gasteiger partial charge in [-0.1, -0.05) is 18.2 Å². The monoisotopic (exact) mass is 249 g/mol. The highest BCUT2D eigenvalue weighted by Crippen LogP contribution is 2.27. The van der Waals surface area contributed by atoms with Crippen LogP contribution in [0.5, 0.6) is 0 Å². The van der Waals surface area contributed by atoms with Crippen LogP contribution in [0.3, 0.4) is 0 Å². The lowest BCUT2D eigenvalue weighted by Crippen LogP contribution is -2.39. The van der Waals surface area contributed by atoms with Gasteiger partial charge < -0.3 is 19.5 Å². The van der Waals surface area contributed by atoms with E-state index in [-0.39, 0.29) is 12.1 Å². The minimum atomic E-state index is 0.0871. The van der Waals surface area contributed by atoms with Gasteiger partial charge in [0.05, 0.1) is 39.1 Å². The van der Waals surface area contributed by atoms with Crippen LogP contribution >= 0.6 is 0 Å². The van der Waals surface area contributed by atoms with Crippen LogP contribution in [0.2, 0.25) is 0 Å². The van der Waals surface area contributed by atoms with Crippen molar-refractivity contribution in [3.05, 3.63) is 34.9 Å². The molecule has 2 unspecified atom stereocenters. The van der Waals surface area contributed by atoms with Gasteiger partial charge in [-0.3, -0.25) is 0 Å². The molecule has 0 radical (unpaired) electrons. The van der Waals surface area contributed by atoms with Gasteiger partial charge in [0.1, 0.15) is 6.10 Å². The highest BCUT2D eigenvalue weighted by atomic mass is 16.6. The van der Waals surface area contributed by atoms with Gasteiger partial charge in [-0.05, 0) is 23.7 Å². The number of hydrogen-bond donors (Lipinski definition) is 1. The molecule has 1 fully saturated rings. The van der Waals surface area contributed by atoms with Crippen LogP contribution < -0.4 is 5.32 Å². The van der Waals surface area contributed by atoms with Gasteiger partial charge in [-0.2, -0.15) is 0 Å². The molecule has 1 N–H and O–H groups in total. The van der Waals surface area contributed by atoms with E-state index in [1.54, 1.807) is 0 Å². The molecule has 98 valence electrons. The lowest BCUT2D eigenvalue weighted by atomic mass is 9.97. The topological polar surface area (TPSA) is 39.7 Å². The maximum absolute atomic E-state index is 5.79. The average Bonchev–Trinajstić information content (AvgIpc) is 2.88. The lowest BCUT2D eigenvalue weighted by Gasteiger charge is -2.30. The van der Waals surface area contributed by atoms with Crippen molar-refractivity contribution in [2.24, 2.45) is 0 Å². The molecule has 3 rings (SSSR count). The van der Waals surface area contributed by atoms with Gasteiger partial charge in [0.15, 0.2) is 0 Å². The molecule has 0 aromatic heterocycles. The van der Waals surface area contributed by atoms with E-state index < -0.39 is 0 Å². The minimum Gasteiger partial charge on any atom is -0.376 e. The van der Waals surface area contributed by atoms with Crippen LogP contribution in [-0.4, -0.2) is 33.0 Å². The van der Waals surface area contributed by atoms with Crippen molar-refractivity contribution in [2.45, 2.75) is 25.4 Å². The molecule has 2 atom stereocenters. The Hall–Kier alpha value is -0.940. The number of nitrogens with one attached hydrogen (secondary N) is 1. The summed E-state index contributed by atoms with van der Waals surface area (Å²) in [7, 11) is 1.96. The van der Waals surface area contributed by atoms with Crippen molar-refractivity contribution < 1.29 is 14.2 Å². The highest BCUT2D eigenvalue weighted by molar-refractivity contribution is 5.35. The zero-order valence-corrected chi connectivity index (χ0v) is 10.6. The Bertz CT molecular complexity index is 416. The molecule has 1 saturated heterocycles. The second-order valence-electron chi connectivity index (χ2n) is 4.77. The summed E-state index contributed by atoms with van der Waals surface area (Å²) in [6.07, 6.45) is 0.0871. The van der Waals surface area contributed by atoms with Crippen LogP contribution in [0.15, 0.2) is 18.2 Å². The summed E-state index contributed by atoms with van der Waals surface area (Å²) >= 11 is 0. The summed E-state index contributed by atoms with van der Waals surface area (Å²) in [6, 6.07) is 6.72. The second-order valence-corrected chi connectivity index (χ2v) is 4.77. The predicted molar refractivity (Wildman–Crippen MR) is 67.3 cm³/mol. The van der Waals surface area contributed by atoms with Crippen molar-refractivity contribution in [3.63, 3.8) is 0 Å². The molecule has 2 aliphatic heterocycles. The molecular formula is C14H19NO3. The van der Waals surface area contributed by atoms with Gasteiger partial charge in [0.25, 0.3) is 0 Å². The highest BCUT2D eigenvalue weighted by Gasteiger charge is 2.26. The smallest absolute Gasteiger partial charge is 0.100 e. The summed E-state index contributed by atoms with van der Waals surface area (Å²) in [5.41, 5.74) is 3.84. The van der Waals surface area contributed by atoms with E-state index >= 15 is 0 Å². The van der Waals surface area contributed by atoms with Gasteiger partial charge in [0, 0.05) is 0 Å². The molecule has 0 amide bonds. The Morgan fingerprint density at radius 2 is 2.06 bits per heavy atom. The quantitative estimate of drug-likeness (QED) is 0.879. The molecule has 4 nitrogen and oxygen atoms in total. The van der Waals surface area contributed by atoms with E-state index in [0.717, 1.165) is 13.2 Å². The fourth-order valence-corrected chi connectivity index (χ4v) is 2.65. The van der Waals surface area contributed by atoms with Gasteiger partial charge in [0.2, 0.25) is 0 Å². The second kappa shape index (κ2) is 5.36. The molecule has 1 aromatic carbocycles. The maximum atomic E-state index is 5.79. The number of rotatable bonds is 3. The van der Waals surface area contributed by atoms with Crippen molar-refractivity contribution in [3.8, 4) is 0 Å². The zero-order valence-electron chi connectivity index (χ0n) is 10.6. The third-order valence-corrected chi connectivity index (χ3v) is 3.63. The number of hydrogen-bond acceptors (Lipinski definition) is 4. The predicted octanol–water partition coefficient (Wildman–Crippen LogP) is 1.39. The SMILES string of the molecule is CNC(c1ccc2c(c1)COC2)C1COCCO1. The summed E-state index contributed by atoms with van der Waals surface area (Å²) in [5.74, 6) is 0. The Morgan fingerprint density at radius 3 is 2.83 bits per heavy atom. The molecule has 0 aliphatic carbocycles. The van der Waals surface area contributed by atoms with Crippen LogP contribution in [0.4, 0.5) is 0 Å². The number of likely N-dealkylation sites (N-methyl/N-ethyl adjacent to an activating group) is 1. The third-order valence-electron chi connectivity index (χ3n) is 3.63. The van der Waals surface area contributed by atoms with Crippen molar-refractivity contribution in [1.82, 2.24) is 5.32 Å². The molecule has 0 spiro atoms. The number of ether oxygens (including phenoxy) is 3.